The third-order valence-electron chi connectivity index (χ3n) is 3.35. The zero-order valence-corrected chi connectivity index (χ0v) is 19.3. The molecule has 1 aliphatic rings. The minimum absolute atomic E-state index is 0. The standard InChI is InChI=1S/C10H15.C4H6.C3H5.CHF3O3S.Ir/c1-6-7(2)9(4)10(5)8(6)3;1-3-4-2;1-3-2;2-1(3,4)8(5,6)7;/h1-5H3;1-2H3;3H,1-2H2;(H,5,6,7);/q;;-1;;+3/p-1. The van der Waals surface area contributed by atoms with Gasteiger partial charge in [-0.15, -0.1) is 11.8 Å². The van der Waals surface area contributed by atoms with Gasteiger partial charge in [0, 0.05) is 0 Å². The van der Waals surface area contributed by atoms with Crippen LogP contribution >= 0.6 is 0 Å². The zero-order chi connectivity index (χ0) is 21.0. The average Bonchev–Trinajstić information content (AvgIpc) is 2.65. The van der Waals surface area contributed by atoms with Gasteiger partial charge in [-0.05, 0) is 43.4 Å². The summed E-state index contributed by atoms with van der Waals surface area (Å²) in [5.41, 5.74) is -5.65. The molecule has 1 rings (SSSR count). The van der Waals surface area contributed by atoms with E-state index in [1.165, 1.54) is 35.7 Å². The van der Waals surface area contributed by atoms with Crippen molar-refractivity contribution in [3.63, 3.8) is 0 Å². The van der Waals surface area contributed by atoms with Gasteiger partial charge < -0.3 is 4.55 Å². The molecular formula is C18H26F3IrO3S+. The molecule has 8 heteroatoms. The normalized spacial score (nSPS) is 16.3. The molecule has 1 aliphatic carbocycles. The van der Waals surface area contributed by atoms with E-state index >= 15 is 0 Å². The number of rotatable bonds is 0. The van der Waals surface area contributed by atoms with Crippen molar-refractivity contribution in [3.8, 4) is 11.8 Å². The molecule has 1 fully saturated rings. The van der Waals surface area contributed by atoms with Gasteiger partial charge >= 0.3 is 25.6 Å². The molecular weight excluding hydrogens is 545 g/mol. The van der Waals surface area contributed by atoms with Crippen LogP contribution in [-0.2, 0) is 30.2 Å². The van der Waals surface area contributed by atoms with Crippen LogP contribution in [0, 0.1) is 48.4 Å². The van der Waals surface area contributed by atoms with E-state index in [-0.39, 0.29) is 20.1 Å². The molecule has 0 amide bonds. The second-order valence-electron chi connectivity index (χ2n) is 4.81. The first-order valence-corrected chi connectivity index (χ1v) is 8.50. The summed E-state index contributed by atoms with van der Waals surface area (Å²) in [4.78, 5) is 0. The molecule has 3 nitrogen and oxygen atoms in total. The Labute approximate surface area is 171 Å². The van der Waals surface area contributed by atoms with Crippen LogP contribution in [-0.4, -0.2) is 18.5 Å². The third kappa shape index (κ3) is 13.7. The fourth-order valence-electron chi connectivity index (χ4n) is 1.41. The molecule has 151 valence electrons. The van der Waals surface area contributed by atoms with E-state index in [9.17, 15) is 13.2 Å². The van der Waals surface area contributed by atoms with E-state index in [1.54, 1.807) is 0 Å². The first kappa shape index (κ1) is 33.1. The monoisotopic (exact) mass is 572 g/mol. The van der Waals surface area contributed by atoms with Crippen molar-refractivity contribution >= 4 is 10.1 Å². The van der Waals surface area contributed by atoms with E-state index in [1.807, 2.05) is 13.8 Å². The van der Waals surface area contributed by atoms with Gasteiger partial charge in [0.05, 0.1) is 0 Å². The van der Waals surface area contributed by atoms with Crippen molar-refractivity contribution in [1.82, 2.24) is 0 Å². The summed E-state index contributed by atoms with van der Waals surface area (Å²) in [7, 11) is -6.09. The first-order valence-electron chi connectivity index (χ1n) is 7.09. The Balaban J connectivity index is -0.000000136. The fourth-order valence-corrected chi connectivity index (χ4v) is 1.41. The molecule has 0 aromatic heterocycles. The summed E-state index contributed by atoms with van der Waals surface area (Å²) in [5.74, 6) is 12.7. The van der Waals surface area contributed by atoms with Crippen molar-refractivity contribution in [2.75, 3.05) is 0 Å². The van der Waals surface area contributed by atoms with Gasteiger partial charge in [-0.1, -0.05) is 34.6 Å². The Bertz CT molecular complexity index is 471. The van der Waals surface area contributed by atoms with E-state index in [0.29, 0.717) is 0 Å². The molecule has 0 atom stereocenters. The van der Waals surface area contributed by atoms with Crippen LogP contribution in [0.3, 0.4) is 0 Å². The summed E-state index contributed by atoms with van der Waals surface area (Å²) in [6.45, 7) is 21.1. The molecule has 1 saturated carbocycles. The minimum Gasteiger partial charge on any atom is -0.741 e. The van der Waals surface area contributed by atoms with Crippen molar-refractivity contribution in [2.45, 2.75) is 54.0 Å². The quantitative estimate of drug-likeness (QED) is 0.177. The number of alkyl halides is 3. The predicted molar refractivity (Wildman–Crippen MR) is 95.0 cm³/mol. The second-order valence-corrected chi connectivity index (χ2v) is 6.18. The molecule has 0 aromatic carbocycles. The van der Waals surface area contributed by atoms with Gasteiger partial charge in [0.25, 0.3) is 0 Å². The molecule has 0 saturated heterocycles. The van der Waals surface area contributed by atoms with Gasteiger partial charge in [-0.2, -0.15) is 13.2 Å². The van der Waals surface area contributed by atoms with E-state index in [0.717, 1.165) is 0 Å². The Kier molecular flexibility index (Phi) is 19.8. The fraction of sp³-hybridized carbons (Fsp3) is 0.444. The molecule has 0 heterocycles. The van der Waals surface area contributed by atoms with Crippen LogP contribution in [0.15, 0.2) is 12.7 Å². The molecule has 0 N–H and O–H groups in total. The van der Waals surface area contributed by atoms with E-state index in [2.05, 4.69) is 60.0 Å². The van der Waals surface area contributed by atoms with Crippen LogP contribution in [0.2, 0.25) is 0 Å². The van der Waals surface area contributed by atoms with Crippen molar-refractivity contribution in [3.05, 3.63) is 49.2 Å². The van der Waals surface area contributed by atoms with Gasteiger partial charge in [-0.3, -0.25) is 0 Å². The summed E-state index contributed by atoms with van der Waals surface area (Å²) >= 11 is 0. The Morgan fingerprint density at radius 2 is 1.04 bits per heavy atom. The molecule has 0 aliphatic heterocycles. The molecule has 5 radical (unpaired) electrons. The maximum Gasteiger partial charge on any atom is 3.00 e. The maximum atomic E-state index is 10.7. The van der Waals surface area contributed by atoms with Crippen LogP contribution in [0.5, 0.6) is 0 Å². The average molecular weight is 572 g/mol. The molecule has 0 bridgehead atoms. The predicted octanol–water partition coefficient (Wildman–Crippen LogP) is 5.06. The largest absolute Gasteiger partial charge is 3.00 e. The second kappa shape index (κ2) is 15.6. The van der Waals surface area contributed by atoms with Crippen LogP contribution in [0.4, 0.5) is 13.2 Å². The van der Waals surface area contributed by atoms with E-state index in [4.69, 9.17) is 13.0 Å². The molecule has 0 spiro atoms. The Hall–Kier alpha value is -0.481. The van der Waals surface area contributed by atoms with Gasteiger partial charge in [0.1, 0.15) is 0 Å². The van der Waals surface area contributed by atoms with Gasteiger partial charge in [0.15, 0.2) is 10.1 Å². The Morgan fingerprint density at radius 3 is 1.08 bits per heavy atom. The number of allylic oxidation sites excluding steroid dienone is 1. The van der Waals surface area contributed by atoms with Crippen LogP contribution in [0.25, 0.3) is 0 Å². The summed E-state index contributed by atoms with van der Waals surface area (Å²) < 4.78 is 58.9. The molecule has 0 aromatic rings. The topological polar surface area (TPSA) is 57.2 Å². The number of hydrogen-bond donors (Lipinski definition) is 0. The maximum absolute atomic E-state index is 10.7. The smallest absolute Gasteiger partial charge is 0.741 e. The van der Waals surface area contributed by atoms with E-state index < -0.39 is 15.6 Å². The summed E-state index contributed by atoms with van der Waals surface area (Å²) in [5, 5.41) is 0. The van der Waals surface area contributed by atoms with Crippen molar-refractivity contribution < 1.29 is 46.2 Å². The van der Waals surface area contributed by atoms with Crippen LogP contribution in [0.1, 0.15) is 48.5 Å². The molecule has 0 unspecified atom stereocenters. The van der Waals surface area contributed by atoms with Crippen molar-refractivity contribution in [2.24, 2.45) is 0 Å². The third-order valence-corrected chi connectivity index (χ3v) is 3.91. The Morgan fingerprint density at radius 1 is 0.923 bits per heavy atom. The summed E-state index contributed by atoms with van der Waals surface area (Å²) in [6.07, 6.45) is 1.50. The van der Waals surface area contributed by atoms with Crippen LogP contribution < -0.4 is 0 Å². The van der Waals surface area contributed by atoms with Crippen molar-refractivity contribution in [1.29, 1.82) is 0 Å². The minimum atomic E-state index is -6.09. The SMILES string of the molecule is C=C[CH2-].CC#CC.C[C]1[C](C)[C](C)[C](C)[C]1C.O=S(=O)([O-])C(F)(F)F.[Ir+3]. The summed E-state index contributed by atoms with van der Waals surface area (Å²) in [6, 6.07) is 0. The number of halogens is 3. The first-order chi connectivity index (χ1) is 11.1. The van der Waals surface area contributed by atoms with Gasteiger partial charge in [-0.25, -0.2) is 28.0 Å². The zero-order valence-electron chi connectivity index (χ0n) is 16.1. The molecule has 26 heavy (non-hydrogen) atoms. The van der Waals surface area contributed by atoms with Gasteiger partial charge in [0.2, 0.25) is 0 Å². The number of hydrogen-bond acceptors (Lipinski definition) is 3.